The number of benzene rings is 1. The SMILES string of the molecule is CC([C@H](O)CO)[C@@H]1CCc2cc(F)ccc2O1. The van der Waals surface area contributed by atoms with Crippen molar-refractivity contribution in [3.63, 3.8) is 0 Å². The van der Waals surface area contributed by atoms with Gasteiger partial charge in [-0.15, -0.1) is 0 Å². The molecule has 0 bridgehead atoms. The minimum atomic E-state index is -0.776. The number of hydrogen-bond acceptors (Lipinski definition) is 3. The third kappa shape index (κ3) is 2.58. The lowest BCUT2D eigenvalue weighted by Gasteiger charge is -2.32. The molecule has 1 aliphatic rings. The smallest absolute Gasteiger partial charge is 0.123 e. The van der Waals surface area contributed by atoms with E-state index in [4.69, 9.17) is 9.84 Å². The molecule has 94 valence electrons. The fourth-order valence-electron chi connectivity index (χ4n) is 2.16. The summed E-state index contributed by atoms with van der Waals surface area (Å²) >= 11 is 0. The summed E-state index contributed by atoms with van der Waals surface area (Å²) in [6.07, 6.45) is 0.562. The van der Waals surface area contributed by atoms with E-state index in [9.17, 15) is 9.50 Å². The van der Waals surface area contributed by atoms with Crippen LogP contribution in [0.2, 0.25) is 0 Å². The van der Waals surface area contributed by atoms with Crippen LogP contribution in [0, 0.1) is 11.7 Å². The Morgan fingerprint density at radius 1 is 1.53 bits per heavy atom. The van der Waals surface area contributed by atoms with E-state index in [2.05, 4.69) is 0 Å². The second-order valence-electron chi connectivity index (χ2n) is 4.56. The van der Waals surface area contributed by atoms with E-state index in [-0.39, 0.29) is 24.4 Å². The molecule has 1 aromatic carbocycles. The molecular weight excluding hydrogens is 223 g/mol. The summed E-state index contributed by atoms with van der Waals surface area (Å²) in [6.45, 7) is 1.58. The Kier molecular flexibility index (Phi) is 3.64. The van der Waals surface area contributed by atoms with Crippen LogP contribution in [0.5, 0.6) is 5.75 Å². The molecule has 0 aromatic heterocycles. The molecule has 0 radical (unpaired) electrons. The monoisotopic (exact) mass is 240 g/mol. The first-order chi connectivity index (χ1) is 8.11. The highest BCUT2D eigenvalue weighted by atomic mass is 19.1. The Hall–Kier alpha value is -1.13. The first kappa shape index (κ1) is 12.3. The molecule has 3 nitrogen and oxygen atoms in total. The Balaban J connectivity index is 2.11. The molecule has 1 aliphatic heterocycles. The van der Waals surface area contributed by atoms with Crippen LogP contribution in [0.15, 0.2) is 18.2 Å². The van der Waals surface area contributed by atoms with Crippen molar-refractivity contribution >= 4 is 0 Å². The van der Waals surface area contributed by atoms with Gasteiger partial charge in [0.25, 0.3) is 0 Å². The first-order valence-electron chi connectivity index (χ1n) is 5.86. The van der Waals surface area contributed by atoms with Crippen LogP contribution in [-0.2, 0) is 6.42 Å². The molecule has 1 heterocycles. The Labute approximate surface area is 99.8 Å². The van der Waals surface area contributed by atoms with E-state index in [0.717, 1.165) is 18.4 Å². The molecule has 0 amide bonds. The van der Waals surface area contributed by atoms with Crippen molar-refractivity contribution in [2.75, 3.05) is 6.61 Å². The summed E-state index contributed by atoms with van der Waals surface area (Å²) in [7, 11) is 0. The van der Waals surface area contributed by atoms with E-state index < -0.39 is 6.10 Å². The second kappa shape index (κ2) is 5.02. The van der Waals surface area contributed by atoms with Crippen LogP contribution in [-0.4, -0.2) is 29.0 Å². The van der Waals surface area contributed by atoms with Gasteiger partial charge >= 0.3 is 0 Å². The summed E-state index contributed by atoms with van der Waals surface area (Å²) in [5.41, 5.74) is 0.868. The molecule has 1 aromatic rings. The fraction of sp³-hybridized carbons (Fsp3) is 0.538. The van der Waals surface area contributed by atoms with Crippen LogP contribution in [0.1, 0.15) is 18.9 Å². The highest BCUT2D eigenvalue weighted by Crippen LogP contribution is 2.31. The molecule has 4 heteroatoms. The molecule has 1 unspecified atom stereocenters. The largest absolute Gasteiger partial charge is 0.490 e. The zero-order valence-corrected chi connectivity index (χ0v) is 9.77. The second-order valence-corrected chi connectivity index (χ2v) is 4.56. The minimum absolute atomic E-state index is 0.130. The van der Waals surface area contributed by atoms with Gasteiger partial charge in [0.1, 0.15) is 17.7 Å². The van der Waals surface area contributed by atoms with E-state index >= 15 is 0 Å². The maximum atomic E-state index is 13.0. The maximum absolute atomic E-state index is 13.0. The van der Waals surface area contributed by atoms with Crippen molar-refractivity contribution in [2.24, 2.45) is 5.92 Å². The number of rotatable bonds is 3. The summed E-state index contributed by atoms with van der Waals surface area (Å²) in [6, 6.07) is 4.47. The lowest BCUT2D eigenvalue weighted by atomic mass is 9.91. The van der Waals surface area contributed by atoms with E-state index in [1.165, 1.54) is 12.1 Å². The Morgan fingerprint density at radius 2 is 2.29 bits per heavy atom. The normalized spacial score (nSPS) is 22.5. The standard InChI is InChI=1S/C13H17FO3/c1-8(11(16)7-15)12-4-2-9-6-10(14)3-5-13(9)17-12/h3,5-6,8,11-12,15-16H,2,4,7H2,1H3/t8?,11-,12+/m1/s1. The highest BCUT2D eigenvalue weighted by Gasteiger charge is 2.29. The van der Waals surface area contributed by atoms with Gasteiger partial charge in [0.2, 0.25) is 0 Å². The number of aliphatic hydroxyl groups is 2. The number of fused-ring (bicyclic) bond motifs is 1. The van der Waals surface area contributed by atoms with Gasteiger partial charge in [0.05, 0.1) is 12.7 Å². The van der Waals surface area contributed by atoms with Gasteiger partial charge in [0, 0.05) is 5.92 Å². The third-order valence-corrected chi connectivity index (χ3v) is 3.38. The zero-order valence-electron chi connectivity index (χ0n) is 9.77. The lowest BCUT2D eigenvalue weighted by molar-refractivity contribution is -0.00493. The Morgan fingerprint density at radius 3 is 3.00 bits per heavy atom. The molecule has 0 saturated carbocycles. The van der Waals surface area contributed by atoms with Gasteiger partial charge in [0.15, 0.2) is 0 Å². The molecule has 17 heavy (non-hydrogen) atoms. The summed E-state index contributed by atoms with van der Waals surface area (Å²) < 4.78 is 18.7. The predicted molar refractivity (Wildman–Crippen MR) is 61.4 cm³/mol. The number of aliphatic hydroxyl groups excluding tert-OH is 2. The van der Waals surface area contributed by atoms with E-state index in [0.29, 0.717) is 5.75 Å². The van der Waals surface area contributed by atoms with Crippen molar-refractivity contribution in [1.82, 2.24) is 0 Å². The van der Waals surface area contributed by atoms with Gasteiger partial charge in [-0.3, -0.25) is 0 Å². The van der Waals surface area contributed by atoms with Crippen LogP contribution < -0.4 is 4.74 Å². The van der Waals surface area contributed by atoms with Crippen molar-refractivity contribution in [1.29, 1.82) is 0 Å². The quantitative estimate of drug-likeness (QED) is 0.842. The van der Waals surface area contributed by atoms with Gasteiger partial charge in [-0.05, 0) is 36.6 Å². The van der Waals surface area contributed by atoms with Crippen molar-refractivity contribution in [3.8, 4) is 5.75 Å². The van der Waals surface area contributed by atoms with Crippen molar-refractivity contribution in [3.05, 3.63) is 29.6 Å². The minimum Gasteiger partial charge on any atom is -0.490 e. The fourth-order valence-corrected chi connectivity index (χ4v) is 2.16. The summed E-state index contributed by atoms with van der Waals surface area (Å²) in [5.74, 6) is 0.284. The first-order valence-corrected chi connectivity index (χ1v) is 5.86. The molecule has 2 N–H and O–H groups in total. The predicted octanol–water partition coefficient (Wildman–Crippen LogP) is 1.51. The molecule has 0 saturated heterocycles. The van der Waals surface area contributed by atoms with Gasteiger partial charge in [-0.1, -0.05) is 6.92 Å². The van der Waals surface area contributed by atoms with Crippen LogP contribution in [0.25, 0.3) is 0 Å². The van der Waals surface area contributed by atoms with Gasteiger partial charge < -0.3 is 14.9 Å². The van der Waals surface area contributed by atoms with Gasteiger partial charge in [-0.25, -0.2) is 4.39 Å². The summed E-state index contributed by atoms with van der Waals surface area (Å²) in [4.78, 5) is 0. The van der Waals surface area contributed by atoms with Gasteiger partial charge in [-0.2, -0.15) is 0 Å². The van der Waals surface area contributed by atoms with Crippen LogP contribution >= 0.6 is 0 Å². The number of ether oxygens (including phenoxy) is 1. The zero-order chi connectivity index (χ0) is 12.4. The molecular formula is C13H17FO3. The average molecular weight is 240 g/mol. The van der Waals surface area contributed by atoms with Crippen LogP contribution in [0.3, 0.4) is 0 Å². The number of aryl methyl sites for hydroxylation is 1. The Bertz CT molecular complexity index is 394. The number of halogens is 1. The average Bonchev–Trinajstić information content (AvgIpc) is 2.36. The molecule has 0 spiro atoms. The third-order valence-electron chi connectivity index (χ3n) is 3.38. The molecule has 0 fully saturated rings. The maximum Gasteiger partial charge on any atom is 0.123 e. The van der Waals surface area contributed by atoms with Crippen molar-refractivity contribution < 1.29 is 19.3 Å². The van der Waals surface area contributed by atoms with E-state index in [1.54, 1.807) is 6.07 Å². The molecule has 3 atom stereocenters. The molecule has 0 aliphatic carbocycles. The number of hydrogen-bond donors (Lipinski definition) is 2. The topological polar surface area (TPSA) is 49.7 Å². The van der Waals surface area contributed by atoms with Crippen molar-refractivity contribution in [2.45, 2.75) is 32.0 Å². The lowest BCUT2D eigenvalue weighted by Crippen LogP contribution is -2.37. The summed E-state index contributed by atoms with van der Waals surface area (Å²) in [5, 5.41) is 18.5. The van der Waals surface area contributed by atoms with Crippen LogP contribution in [0.4, 0.5) is 4.39 Å². The molecule has 2 rings (SSSR count). The van der Waals surface area contributed by atoms with E-state index in [1.807, 2.05) is 6.92 Å². The highest BCUT2D eigenvalue weighted by molar-refractivity contribution is 5.35.